The van der Waals surface area contributed by atoms with Gasteiger partial charge in [0.2, 0.25) is 10.0 Å². The van der Waals surface area contributed by atoms with Gasteiger partial charge in [-0.25, -0.2) is 8.42 Å². The van der Waals surface area contributed by atoms with Gasteiger partial charge in [0.15, 0.2) is 0 Å². The van der Waals surface area contributed by atoms with Gasteiger partial charge in [-0.05, 0) is 80.5 Å². The van der Waals surface area contributed by atoms with Crippen LogP contribution in [-0.2, 0) is 10.0 Å². The standard InChI is InChI=1S/C20H24N2O3S/c1-2-7-21-26(24,25)18-5-3-17(4-6-18)19(23)22-20-11-14-8-15(12-20)10-16(9-14)13-20/h1,3-6,14-16,21H,7-13H2,(H,22,23). The largest absolute Gasteiger partial charge is 0.347 e. The van der Waals surface area contributed by atoms with E-state index in [1.807, 2.05) is 0 Å². The normalized spacial score (nSPS) is 32.2. The number of terminal acetylenes is 1. The number of amides is 1. The summed E-state index contributed by atoms with van der Waals surface area (Å²) in [5.41, 5.74) is 0.446. The maximum Gasteiger partial charge on any atom is 0.251 e. The first kappa shape index (κ1) is 17.6. The van der Waals surface area contributed by atoms with Crippen molar-refractivity contribution in [3.63, 3.8) is 0 Å². The van der Waals surface area contributed by atoms with Crippen molar-refractivity contribution < 1.29 is 13.2 Å². The Kier molecular flexibility index (Phi) is 4.32. The zero-order valence-electron chi connectivity index (χ0n) is 14.7. The highest BCUT2D eigenvalue weighted by Crippen LogP contribution is 2.55. The van der Waals surface area contributed by atoms with E-state index in [9.17, 15) is 13.2 Å². The van der Waals surface area contributed by atoms with E-state index in [1.165, 1.54) is 31.4 Å². The Morgan fingerprint density at radius 2 is 1.62 bits per heavy atom. The molecule has 1 aromatic carbocycles. The van der Waals surface area contributed by atoms with Gasteiger partial charge in [0.1, 0.15) is 0 Å². The van der Waals surface area contributed by atoms with Gasteiger partial charge >= 0.3 is 0 Å². The van der Waals surface area contributed by atoms with E-state index in [4.69, 9.17) is 6.42 Å². The zero-order chi connectivity index (χ0) is 18.4. The van der Waals surface area contributed by atoms with Crippen LogP contribution in [0.4, 0.5) is 0 Å². The fourth-order valence-corrected chi connectivity index (χ4v) is 6.52. The van der Waals surface area contributed by atoms with E-state index in [2.05, 4.69) is 16.0 Å². The van der Waals surface area contributed by atoms with E-state index < -0.39 is 10.0 Å². The number of carbonyl (C=O) groups excluding carboxylic acids is 1. The summed E-state index contributed by atoms with van der Waals surface area (Å²) < 4.78 is 26.4. The molecule has 0 atom stereocenters. The summed E-state index contributed by atoms with van der Waals surface area (Å²) in [7, 11) is -3.63. The summed E-state index contributed by atoms with van der Waals surface area (Å²) >= 11 is 0. The zero-order valence-corrected chi connectivity index (χ0v) is 15.5. The van der Waals surface area contributed by atoms with E-state index in [0.717, 1.165) is 37.0 Å². The monoisotopic (exact) mass is 372 g/mol. The molecule has 6 heteroatoms. The van der Waals surface area contributed by atoms with Gasteiger partial charge in [-0.1, -0.05) is 5.92 Å². The van der Waals surface area contributed by atoms with Crippen LogP contribution in [0.3, 0.4) is 0 Å². The third kappa shape index (κ3) is 3.26. The Balaban J connectivity index is 1.47. The molecule has 4 fully saturated rings. The highest BCUT2D eigenvalue weighted by molar-refractivity contribution is 7.89. The Morgan fingerprint density at radius 3 is 2.12 bits per heavy atom. The topological polar surface area (TPSA) is 75.3 Å². The van der Waals surface area contributed by atoms with Gasteiger partial charge in [0.05, 0.1) is 11.4 Å². The Hall–Kier alpha value is -1.84. The minimum Gasteiger partial charge on any atom is -0.347 e. The van der Waals surface area contributed by atoms with Crippen molar-refractivity contribution in [2.24, 2.45) is 17.8 Å². The summed E-state index contributed by atoms with van der Waals surface area (Å²) in [5.74, 6) is 4.42. The Morgan fingerprint density at radius 1 is 1.08 bits per heavy atom. The fraction of sp³-hybridized carbons (Fsp3) is 0.550. The van der Waals surface area contributed by atoms with Crippen LogP contribution < -0.4 is 10.0 Å². The highest BCUT2D eigenvalue weighted by atomic mass is 32.2. The second kappa shape index (κ2) is 6.40. The van der Waals surface area contributed by atoms with Crippen LogP contribution in [0.15, 0.2) is 29.2 Å². The molecule has 26 heavy (non-hydrogen) atoms. The SMILES string of the molecule is C#CCNS(=O)(=O)c1ccc(C(=O)NC23CC4CC(CC(C4)C2)C3)cc1. The summed E-state index contributed by atoms with van der Waals surface area (Å²) in [4.78, 5) is 12.9. The number of carbonyl (C=O) groups is 1. The van der Waals surface area contributed by atoms with Gasteiger partial charge in [-0.3, -0.25) is 4.79 Å². The average molecular weight is 372 g/mol. The second-order valence-corrected chi connectivity index (χ2v) is 9.97. The van der Waals surface area contributed by atoms with Crippen LogP contribution in [0, 0.1) is 30.1 Å². The van der Waals surface area contributed by atoms with Gasteiger partial charge in [-0.2, -0.15) is 4.72 Å². The number of benzene rings is 1. The van der Waals surface area contributed by atoms with E-state index in [1.54, 1.807) is 12.1 Å². The van der Waals surface area contributed by atoms with Gasteiger partial charge in [-0.15, -0.1) is 6.42 Å². The molecule has 0 radical (unpaired) electrons. The second-order valence-electron chi connectivity index (χ2n) is 8.21. The first-order valence-corrected chi connectivity index (χ1v) is 10.7. The van der Waals surface area contributed by atoms with Gasteiger partial charge in [0, 0.05) is 11.1 Å². The molecule has 138 valence electrons. The summed E-state index contributed by atoms with van der Waals surface area (Å²) in [6.07, 6.45) is 12.3. The molecule has 0 aromatic heterocycles. The van der Waals surface area contributed by atoms with Crippen LogP contribution in [-0.4, -0.2) is 26.4 Å². The predicted molar refractivity (Wildman–Crippen MR) is 98.8 cm³/mol. The van der Waals surface area contributed by atoms with Crippen LogP contribution in [0.1, 0.15) is 48.9 Å². The van der Waals surface area contributed by atoms with Crippen molar-refractivity contribution in [2.45, 2.75) is 49.0 Å². The molecule has 0 saturated heterocycles. The van der Waals surface area contributed by atoms with E-state index >= 15 is 0 Å². The minimum atomic E-state index is -3.63. The van der Waals surface area contributed by atoms with E-state index in [-0.39, 0.29) is 22.9 Å². The van der Waals surface area contributed by atoms with Crippen molar-refractivity contribution >= 4 is 15.9 Å². The third-order valence-corrected chi connectivity index (χ3v) is 7.63. The van der Waals surface area contributed by atoms with Crippen molar-refractivity contribution in [3.05, 3.63) is 29.8 Å². The molecular formula is C20H24N2O3S. The Labute approximate surface area is 155 Å². The Bertz CT molecular complexity index is 817. The fourth-order valence-electron chi connectivity index (χ4n) is 5.58. The lowest BCUT2D eigenvalue weighted by Gasteiger charge is -2.56. The molecule has 4 saturated carbocycles. The number of hydrogen-bond donors (Lipinski definition) is 2. The number of hydrogen-bond acceptors (Lipinski definition) is 3. The molecule has 1 amide bonds. The molecule has 5 rings (SSSR count). The van der Waals surface area contributed by atoms with Crippen LogP contribution in [0.2, 0.25) is 0 Å². The molecule has 1 aromatic rings. The maximum absolute atomic E-state index is 12.8. The van der Waals surface area contributed by atoms with Crippen molar-refractivity contribution in [3.8, 4) is 12.3 Å². The molecule has 2 N–H and O–H groups in total. The minimum absolute atomic E-state index is 0.0507. The van der Waals surface area contributed by atoms with Gasteiger partial charge in [0.25, 0.3) is 5.91 Å². The third-order valence-electron chi connectivity index (χ3n) is 6.21. The molecule has 0 aliphatic heterocycles. The number of rotatable bonds is 5. The highest BCUT2D eigenvalue weighted by Gasteiger charge is 2.51. The molecule has 0 heterocycles. The molecule has 4 bridgehead atoms. The quantitative estimate of drug-likeness (QED) is 0.779. The summed E-state index contributed by atoms with van der Waals surface area (Å²) in [5, 5.41) is 3.30. The lowest BCUT2D eigenvalue weighted by Crippen LogP contribution is -2.59. The number of sulfonamides is 1. The van der Waals surface area contributed by atoms with Crippen molar-refractivity contribution in [1.29, 1.82) is 0 Å². The van der Waals surface area contributed by atoms with Gasteiger partial charge < -0.3 is 5.32 Å². The predicted octanol–water partition coefficient (Wildman–Crippen LogP) is 2.30. The van der Waals surface area contributed by atoms with Crippen molar-refractivity contribution in [2.75, 3.05) is 6.54 Å². The van der Waals surface area contributed by atoms with Crippen LogP contribution in [0.5, 0.6) is 0 Å². The summed E-state index contributed by atoms with van der Waals surface area (Å²) in [6, 6.07) is 6.04. The van der Waals surface area contributed by atoms with E-state index in [0.29, 0.717) is 5.56 Å². The van der Waals surface area contributed by atoms with Crippen molar-refractivity contribution in [1.82, 2.24) is 10.0 Å². The average Bonchev–Trinajstić information content (AvgIpc) is 2.58. The molecule has 4 aliphatic rings. The number of nitrogens with one attached hydrogen (secondary N) is 2. The molecule has 0 unspecified atom stereocenters. The lowest BCUT2D eigenvalue weighted by atomic mass is 9.53. The van der Waals surface area contributed by atoms with Crippen LogP contribution in [0.25, 0.3) is 0 Å². The summed E-state index contributed by atoms with van der Waals surface area (Å²) in [6.45, 7) is -0.0589. The van der Waals surface area contributed by atoms with Crippen LogP contribution >= 0.6 is 0 Å². The molecule has 0 spiro atoms. The molecular weight excluding hydrogens is 348 g/mol. The smallest absolute Gasteiger partial charge is 0.251 e. The molecule has 4 aliphatic carbocycles. The first-order chi connectivity index (χ1) is 12.4. The maximum atomic E-state index is 12.8. The first-order valence-electron chi connectivity index (χ1n) is 9.25. The lowest BCUT2D eigenvalue weighted by molar-refractivity contribution is -0.0167. The molecule has 5 nitrogen and oxygen atoms in total.